The first kappa shape index (κ1) is 24.2. The number of benzene rings is 2. The Hall–Kier alpha value is -3.05. The first-order valence-electron chi connectivity index (χ1n) is 8.96. The van der Waals surface area contributed by atoms with Crippen molar-refractivity contribution in [1.82, 2.24) is 4.72 Å². The summed E-state index contributed by atoms with van der Waals surface area (Å²) in [6.45, 7) is 4.14. The molecular formula is C20H22F2N2O6S. The number of nitrogens with one attached hydrogen (secondary N) is 2. The molecule has 2 N–H and O–H groups in total. The average Bonchev–Trinajstić information content (AvgIpc) is 2.66. The fourth-order valence-corrected chi connectivity index (χ4v) is 4.08. The second-order valence-electron chi connectivity index (χ2n) is 7.47. The Morgan fingerprint density at radius 1 is 1.06 bits per heavy atom. The number of amides is 1. The first-order valence-corrected chi connectivity index (χ1v) is 10.4. The zero-order valence-electron chi connectivity index (χ0n) is 17.3. The fraction of sp³-hybridized carbons (Fsp3) is 0.300. The average molecular weight is 456 g/mol. The number of carbonyl (C=O) groups is 2. The summed E-state index contributed by atoms with van der Waals surface area (Å²) in [6.07, 6.45) is 0. The van der Waals surface area contributed by atoms with Crippen LogP contribution in [0.25, 0.3) is 0 Å². The van der Waals surface area contributed by atoms with Gasteiger partial charge in [-0.15, -0.1) is 0 Å². The van der Waals surface area contributed by atoms with Gasteiger partial charge in [0.1, 0.15) is 22.3 Å². The maximum absolute atomic E-state index is 13.6. The molecule has 31 heavy (non-hydrogen) atoms. The Labute approximate surface area is 178 Å². The molecule has 0 atom stereocenters. The minimum absolute atomic E-state index is 0.00706. The molecule has 1 amide bonds. The summed E-state index contributed by atoms with van der Waals surface area (Å²) >= 11 is 0. The van der Waals surface area contributed by atoms with Crippen LogP contribution in [0.2, 0.25) is 0 Å². The molecule has 0 bridgehead atoms. The molecular weight excluding hydrogens is 434 g/mol. The Kier molecular flexibility index (Phi) is 7.34. The summed E-state index contributed by atoms with van der Waals surface area (Å²) < 4.78 is 64.4. The van der Waals surface area contributed by atoms with Crippen LogP contribution < -0.4 is 14.8 Å². The van der Waals surface area contributed by atoms with E-state index in [2.05, 4.69) is 10.0 Å². The monoisotopic (exact) mass is 456 g/mol. The summed E-state index contributed by atoms with van der Waals surface area (Å²) in [6, 6.07) is 6.09. The molecule has 0 unspecified atom stereocenters. The van der Waals surface area contributed by atoms with E-state index in [0.717, 1.165) is 24.3 Å². The molecule has 0 saturated carbocycles. The van der Waals surface area contributed by atoms with Gasteiger partial charge in [-0.05, 0) is 51.1 Å². The molecule has 8 nitrogen and oxygen atoms in total. The predicted octanol–water partition coefficient (Wildman–Crippen LogP) is 2.85. The third-order valence-corrected chi connectivity index (χ3v) is 5.45. The van der Waals surface area contributed by atoms with Crippen molar-refractivity contribution in [2.24, 2.45) is 0 Å². The third kappa shape index (κ3) is 6.72. The van der Waals surface area contributed by atoms with E-state index >= 15 is 0 Å². The van der Waals surface area contributed by atoms with Crippen LogP contribution in [0.15, 0.2) is 41.3 Å². The van der Waals surface area contributed by atoms with Gasteiger partial charge in [0, 0.05) is 11.6 Å². The molecule has 2 aromatic rings. The molecule has 0 aliphatic heterocycles. The highest BCUT2D eigenvalue weighted by molar-refractivity contribution is 7.89. The van der Waals surface area contributed by atoms with E-state index in [9.17, 15) is 26.8 Å². The maximum Gasteiger partial charge on any atom is 0.338 e. The molecule has 0 heterocycles. The van der Waals surface area contributed by atoms with E-state index in [1.807, 2.05) is 0 Å². The third-order valence-electron chi connectivity index (χ3n) is 3.67. The number of hydrogen-bond donors (Lipinski definition) is 2. The summed E-state index contributed by atoms with van der Waals surface area (Å²) in [5.41, 5.74) is -1.35. The Bertz CT molecular complexity index is 1100. The van der Waals surface area contributed by atoms with Crippen molar-refractivity contribution in [1.29, 1.82) is 0 Å². The van der Waals surface area contributed by atoms with Crippen molar-refractivity contribution in [3.8, 4) is 5.75 Å². The lowest BCUT2D eigenvalue weighted by molar-refractivity contribution is -0.119. The molecule has 168 valence electrons. The zero-order chi connectivity index (χ0) is 23.4. The van der Waals surface area contributed by atoms with E-state index < -0.39 is 51.4 Å². The zero-order valence-corrected chi connectivity index (χ0v) is 18.1. The van der Waals surface area contributed by atoms with Crippen molar-refractivity contribution in [3.05, 3.63) is 53.6 Å². The van der Waals surface area contributed by atoms with E-state index in [4.69, 9.17) is 9.47 Å². The molecule has 0 spiro atoms. The van der Waals surface area contributed by atoms with Crippen molar-refractivity contribution < 1.29 is 36.3 Å². The smallest absolute Gasteiger partial charge is 0.338 e. The SMILES string of the molecule is COc1ccc(C(=O)OCC(=O)Nc2cc(F)ccc2F)cc1S(=O)(=O)NC(C)(C)C. The van der Waals surface area contributed by atoms with Crippen LogP contribution in [-0.2, 0) is 19.6 Å². The quantitative estimate of drug-likeness (QED) is 0.620. The van der Waals surface area contributed by atoms with Crippen LogP contribution in [0, 0.1) is 11.6 Å². The standard InChI is InChI=1S/C20H22F2N2O6S/c1-20(2,3)24-31(27,28)17-9-12(5-8-16(17)29-4)19(26)30-11-18(25)23-15-10-13(21)6-7-14(15)22/h5-10,24H,11H2,1-4H3,(H,23,25). The number of carbonyl (C=O) groups excluding carboxylic acids is 2. The molecule has 0 saturated heterocycles. The Balaban J connectivity index is 2.15. The van der Waals surface area contributed by atoms with Gasteiger partial charge in [-0.2, -0.15) is 0 Å². The molecule has 0 aliphatic rings. The molecule has 0 radical (unpaired) electrons. The normalized spacial score (nSPS) is 11.7. The highest BCUT2D eigenvalue weighted by Gasteiger charge is 2.27. The van der Waals surface area contributed by atoms with Gasteiger partial charge in [0.2, 0.25) is 10.0 Å². The maximum atomic E-state index is 13.6. The van der Waals surface area contributed by atoms with Gasteiger partial charge in [-0.3, -0.25) is 4.79 Å². The summed E-state index contributed by atoms with van der Waals surface area (Å²) in [5.74, 6) is -3.52. The van der Waals surface area contributed by atoms with Crippen LogP contribution in [0.4, 0.5) is 14.5 Å². The number of ether oxygens (including phenoxy) is 2. The fourth-order valence-electron chi connectivity index (χ4n) is 2.47. The number of esters is 1. The predicted molar refractivity (Wildman–Crippen MR) is 108 cm³/mol. The molecule has 0 aliphatic carbocycles. The first-order chi connectivity index (χ1) is 14.3. The van der Waals surface area contributed by atoms with E-state index in [-0.39, 0.29) is 16.2 Å². The van der Waals surface area contributed by atoms with Crippen molar-refractivity contribution in [2.75, 3.05) is 19.0 Å². The lowest BCUT2D eigenvalue weighted by atomic mass is 10.1. The largest absolute Gasteiger partial charge is 0.495 e. The van der Waals surface area contributed by atoms with E-state index in [1.165, 1.54) is 19.2 Å². The van der Waals surface area contributed by atoms with Crippen LogP contribution in [0.1, 0.15) is 31.1 Å². The highest BCUT2D eigenvalue weighted by atomic mass is 32.2. The molecule has 2 rings (SSSR count). The van der Waals surface area contributed by atoms with Crippen LogP contribution in [0.3, 0.4) is 0 Å². The number of sulfonamides is 1. The van der Waals surface area contributed by atoms with Crippen LogP contribution in [0.5, 0.6) is 5.75 Å². The number of anilines is 1. The number of methoxy groups -OCH3 is 1. The van der Waals surface area contributed by atoms with Gasteiger partial charge in [-0.1, -0.05) is 0 Å². The lowest BCUT2D eigenvalue weighted by Gasteiger charge is -2.21. The Morgan fingerprint density at radius 3 is 2.35 bits per heavy atom. The Morgan fingerprint density at radius 2 is 1.74 bits per heavy atom. The van der Waals surface area contributed by atoms with Crippen LogP contribution >= 0.6 is 0 Å². The summed E-state index contributed by atoms with van der Waals surface area (Å²) in [7, 11) is -2.76. The van der Waals surface area contributed by atoms with Gasteiger partial charge in [0.05, 0.1) is 18.4 Å². The molecule has 11 heteroatoms. The minimum atomic E-state index is -4.04. The molecule has 0 fully saturated rings. The summed E-state index contributed by atoms with van der Waals surface area (Å²) in [4.78, 5) is 23.9. The second kappa shape index (κ2) is 9.40. The lowest BCUT2D eigenvalue weighted by Crippen LogP contribution is -2.40. The van der Waals surface area contributed by atoms with Gasteiger partial charge in [0.25, 0.3) is 5.91 Å². The number of hydrogen-bond acceptors (Lipinski definition) is 6. The molecule has 0 aromatic heterocycles. The number of rotatable bonds is 7. The van der Waals surface area contributed by atoms with Crippen molar-refractivity contribution in [2.45, 2.75) is 31.2 Å². The van der Waals surface area contributed by atoms with Gasteiger partial charge < -0.3 is 14.8 Å². The topological polar surface area (TPSA) is 111 Å². The minimum Gasteiger partial charge on any atom is -0.495 e. The van der Waals surface area contributed by atoms with Crippen LogP contribution in [-0.4, -0.2) is 39.5 Å². The van der Waals surface area contributed by atoms with Crippen molar-refractivity contribution >= 4 is 27.6 Å². The summed E-state index contributed by atoms with van der Waals surface area (Å²) in [5, 5.41) is 2.08. The van der Waals surface area contributed by atoms with Gasteiger partial charge >= 0.3 is 5.97 Å². The highest BCUT2D eigenvalue weighted by Crippen LogP contribution is 2.26. The van der Waals surface area contributed by atoms with Gasteiger partial charge in [-0.25, -0.2) is 26.7 Å². The number of halogens is 2. The van der Waals surface area contributed by atoms with E-state index in [1.54, 1.807) is 20.8 Å². The van der Waals surface area contributed by atoms with Crippen molar-refractivity contribution in [3.63, 3.8) is 0 Å². The molecule has 2 aromatic carbocycles. The van der Waals surface area contributed by atoms with Gasteiger partial charge in [0.15, 0.2) is 6.61 Å². The second-order valence-corrected chi connectivity index (χ2v) is 9.12. The van der Waals surface area contributed by atoms with E-state index in [0.29, 0.717) is 0 Å².